The van der Waals surface area contributed by atoms with Gasteiger partial charge in [-0.15, -0.1) is 24.8 Å². The molecule has 2 atom stereocenters. The fourth-order valence-electron chi connectivity index (χ4n) is 2.49. The van der Waals surface area contributed by atoms with Gasteiger partial charge >= 0.3 is 0 Å². The van der Waals surface area contributed by atoms with Gasteiger partial charge in [0.2, 0.25) is 5.91 Å². The van der Waals surface area contributed by atoms with Crippen LogP contribution < -0.4 is 11.1 Å². The third-order valence-electron chi connectivity index (χ3n) is 3.52. The molecule has 0 aromatic heterocycles. The summed E-state index contributed by atoms with van der Waals surface area (Å²) in [6, 6.07) is 7.52. The first-order chi connectivity index (χ1) is 9.10. The van der Waals surface area contributed by atoms with Crippen LogP contribution in [-0.2, 0) is 17.9 Å². The summed E-state index contributed by atoms with van der Waals surface area (Å²) in [6.45, 7) is 1.26. The van der Waals surface area contributed by atoms with Gasteiger partial charge in [0.05, 0.1) is 12.6 Å². The number of halogens is 2. The van der Waals surface area contributed by atoms with E-state index < -0.39 is 0 Å². The van der Waals surface area contributed by atoms with Crippen molar-refractivity contribution < 1.29 is 9.90 Å². The number of nitrogens with two attached hydrogens (primary N) is 1. The summed E-state index contributed by atoms with van der Waals surface area (Å²) in [5.74, 6) is 0.0184. The number of nitrogens with one attached hydrogen (secondary N) is 1. The SMILES string of the molecule is CN1C[C@@H](N)C[C@H]1C(=O)NCc1cccc(CO)c1.Cl.Cl. The van der Waals surface area contributed by atoms with Crippen LogP contribution in [0.2, 0.25) is 0 Å². The highest BCUT2D eigenvalue weighted by Crippen LogP contribution is 2.14. The van der Waals surface area contributed by atoms with E-state index in [0.717, 1.165) is 17.7 Å². The molecule has 2 rings (SSSR count). The summed E-state index contributed by atoms with van der Waals surface area (Å²) in [5, 5.41) is 12.0. The number of aliphatic hydroxyl groups is 1. The van der Waals surface area contributed by atoms with Gasteiger partial charge < -0.3 is 16.2 Å². The van der Waals surface area contributed by atoms with Crippen LogP contribution in [0.25, 0.3) is 0 Å². The minimum atomic E-state index is -0.129. The molecule has 0 saturated carbocycles. The number of hydrogen-bond donors (Lipinski definition) is 3. The molecule has 0 radical (unpaired) electrons. The van der Waals surface area contributed by atoms with Crippen LogP contribution in [0, 0.1) is 0 Å². The lowest BCUT2D eigenvalue weighted by atomic mass is 10.1. The fourth-order valence-corrected chi connectivity index (χ4v) is 2.49. The van der Waals surface area contributed by atoms with E-state index in [1.165, 1.54) is 0 Å². The molecule has 120 valence electrons. The Bertz CT molecular complexity index is 460. The maximum Gasteiger partial charge on any atom is 0.237 e. The van der Waals surface area contributed by atoms with Gasteiger partial charge in [0.1, 0.15) is 0 Å². The molecule has 0 aliphatic carbocycles. The average Bonchev–Trinajstić information content (AvgIpc) is 2.75. The zero-order chi connectivity index (χ0) is 13.8. The van der Waals surface area contributed by atoms with Gasteiger partial charge in [0.15, 0.2) is 0 Å². The van der Waals surface area contributed by atoms with Crippen molar-refractivity contribution in [2.45, 2.75) is 31.7 Å². The molecule has 1 aliphatic heterocycles. The van der Waals surface area contributed by atoms with Crippen LogP contribution in [-0.4, -0.2) is 41.6 Å². The normalized spacial score (nSPS) is 21.3. The molecule has 0 bridgehead atoms. The largest absolute Gasteiger partial charge is 0.392 e. The van der Waals surface area contributed by atoms with E-state index in [0.29, 0.717) is 13.0 Å². The Balaban J connectivity index is 0.00000200. The van der Waals surface area contributed by atoms with Gasteiger partial charge in [-0.2, -0.15) is 0 Å². The quantitative estimate of drug-likeness (QED) is 0.755. The van der Waals surface area contributed by atoms with Crippen molar-refractivity contribution in [3.8, 4) is 0 Å². The minimum absolute atomic E-state index is 0. The Morgan fingerprint density at radius 2 is 2.10 bits per heavy atom. The molecule has 1 aliphatic rings. The zero-order valence-electron chi connectivity index (χ0n) is 12.0. The van der Waals surface area contributed by atoms with E-state index in [-0.39, 0.29) is 49.4 Å². The number of benzene rings is 1. The Labute approximate surface area is 137 Å². The first-order valence-electron chi connectivity index (χ1n) is 6.52. The van der Waals surface area contributed by atoms with Crippen molar-refractivity contribution in [1.29, 1.82) is 0 Å². The molecule has 1 heterocycles. The Kier molecular flexibility index (Phi) is 8.85. The van der Waals surface area contributed by atoms with Crippen LogP contribution in [0.5, 0.6) is 0 Å². The van der Waals surface area contributed by atoms with Crippen LogP contribution in [0.1, 0.15) is 17.5 Å². The summed E-state index contributed by atoms with van der Waals surface area (Å²) in [5.41, 5.74) is 7.69. The number of carbonyl (C=O) groups is 1. The Hall–Kier alpha value is -0.850. The molecule has 7 heteroatoms. The predicted molar refractivity (Wildman–Crippen MR) is 87.7 cm³/mol. The minimum Gasteiger partial charge on any atom is -0.392 e. The van der Waals surface area contributed by atoms with E-state index in [1.54, 1.807) is 0 Å². The highest BCUT2D eigenvalue weighted by Gasteiger charge is 2.32. The lowest BCUT2D eigenvalue weighted by Crippen LogP contribution is -2.41. The molecule has 1 aromatic rings. The van der Waals surface area contributed by atoms with Crippen LogP contribution in [0.4, 0.5) is 0 Å². The van der Waals surface area contributed by atoms with Crippen LogP contribution in [0.15, 0.2) is 24.3 Å². The first kappa shape index (κ1) is 20.1. The molecule has 1 amide bonds. The summed E-state index contributed by atoms with van der Waals surface area (Å²) in [7, 11) is 1.92. The van der Waals surface area contributed by atoms with Crippen molar-refractivity contribution in [2.75, 3.05) is 13.6 Å². The molecule has 5 nitrogen and oxygen atoms in total. The number of likely N-dealkylation sites (N-methyl/N-ethyl adjacent to an activating group) is 1. The van der Waals surface area contributed by atoms with Gasteiger partial charge in [0, 0.05) is 19.1 Å². The van der Waals surface area contributed by atoms with Crippen molar-refractivity contribution in [3.63, 3.8) is 0 Å². The van der Waals surface area contributed by atoms with Crippen molar-refractivity contribution in [3.05, 3.63) is 35.4 Å². The standard InChI is InChI=1S/C14H21N3O2.2ClH/c1-17-8-12(15)6-13(17)14(19)16-7-10-3-2-4-11(5-10)9-18;;/h2-5,12-13,18H,6-9,15H2,1H3,(H,16,19);2*1H/t12-,13-;;/m0../s1. The Morgan fingerprint density at radius 3 is 2.67 bits per heavy atom. The number of amides is 1. The van der Waals surface area contributed by atoms with E-state index >= 15 is 0 Å². The van der Waals surface area contributed by atoms with E-state index in [9.17, 15) is 4.79 Å². The summed E-state index contributed by atoms with van der Waals surface area (Å²) < 4.78 is 0. The second kappa shape index (κ2) is 9.23. The van der Waals surface area contributed by atoms with E-state index in [4.69, 9.17) is 10.8 Å². The molecule has 1 saturated heterocycles. The molecular weight excluding hydrogens is 313 g/mol. The van der Waals surface area contributed by atoms with Gasteiger partial charge in [-0.05, 0) is 24.6 Å². The lowest BCUT2D eigenvalue weighted by molar-refractivity contribution is -0.125. The van der Waals surface area contributed by atoms with Gasteiger partial charge in [-0.3, -0.25) is 9.69 Å². The van der Waals surface area contributed by atoms with Gasteiger partial charge in [0.25, 0.3) is 0 Å². The second-order valence-corrected chi connectivity index (χ2v) is 5.15. The molecule has 0 unspecified atom stereocenters. The predicted octanol–water partition coefficient (Wildman–Crippen LogP) is 0.670. The number of likely N-dealkylation sites (tertiary alicyclic amines) is 1. The smallest absolute Gasteiger partial charge is 0.237 e. The van der Waals surface area contributed by atoms with Crippen LogP contribution in [0.3, 0.4) is 0 Å². The lowest BCUT2D eigenvalue weighted by Gasteiger charge is -2.18. The van der Waals surface area contributed by atoms with Crippen molar-refractivity contribution in [2.24, 2.45) is 5.73 Å². The summed E-state index contributed by atoms with van der Waals surface area (Å²) in [4.78, 5) is 14.1. The number of nitrogens with zero attached hydrogens (tertiary/aromatic N) is 1. The Morgan fingerprint density at radius 1 is 1.43 bits per heavy atom. The molecular formula is C14H23Cl2N3O2. The number of carbonyl (C=O) groups excluding carboxylic acids is 1. The zero-order valence-corrected chi connectivity index (χ0v) is 13.6. The van der Waals surface area contributed by atoms with Crippen molar-refractivity contribution >= 4 is 30.7 Å². The maximum atomic E-state index is 12.1. The second-order valence-electron chi connectivity index (χ2n) is 5.15. The molecule has 21 heavy (non-hydrogen) atoms. The summed E-state index contributed by atoms with van der Waals surface area (Å²) >= 11 is 0. The van der Waals surface area contributed by atoms with Gasteiger partial charge in [-0.1, -0.05) is 24.3 Å². The van der Waals surface area contributed by atoms with Gasteiger partial charge in [-0.25, -0.2) is 0 Å². The monoisotopic (exact) mass is 335 g/mol. The number of rotatable bonds is 4. The third kappa shape index (κ3) is 5.45. The van der Waals surface area contributed by atoms with E-state index in [1.807, 2.05) is 36.2 Å². The maximum absolute atomic E-state index is 12.1. The molecule has 4 N–H and O–H groups in total. The van der Waals surface area contributed by atoms with Crippen LogP contribution >= 0.6 is 24.8 Å². The highest BCUT2D eigenvalue weighted by atomic mass is 35.5. The van der Waals surface area contributed by atoms with Crippen molar-refractivity contribution in [1.82, 2.24) is 10.2 Å². The number of hydrogen-bond acceptors (Lipinski definition) is 4. The molecule has 1 aromatic carbocycles. The first-order valence-corrected chi connectivity index (χ1v) is 6.52. The highest BCUT2D eigenvalue weighted by molar-refractivity contribution is 5.85. The number of aliphatic hydroxyl groups excluding tert-OH is 1. The fraction of sp³-hybridized carbons (Fsp3) is 0.500. The average molecular weight is 336 g/mol. The molecule has 0 spiro atoms. The topological polar surface area (TPSA) is 78.6 Å². The third-order valence-corrected chi connectivity index (χ3v) is 3.52. The summed E-state index contributed by atoms with van der Waals surface area (Å²) in [6.07, 6.45) is 0.707. The van der Waals surface area contributed by atoms with E-state index in [2.05, 4.69) is 5.32 Å². The molecule has 1 fully saturated rings.